The van der Waals surface area contributed by atoms with Gasteiger partial charge in [0.1, 0.15) is 11.5 Å². The summed E-state index contributed by atoms with van der Waals surface area (Å²) in [5.41, 5.74) is -2.17. The zero-order valence-corrected chi connectivity index (χ0v) is 17.8. The minimum atomic E-state index is -4.62. The number of nitro groups is 1. The standard InChI is InChI=1S/C16H14ClF3N2O6PS/c1-3-29(25)22(30(2,26)27)14-9-11(5-6-13(14)21(23)24)28-15-7-4-10(8-12(15)17)16(18,19)20/h4-9H,3H2,1-2H3/q+1. The van der Waals surface area contributed by atoms with E-state index in [1.54, 1.807) is 0 Å². The van der Waals surface area contributed by atoms with Gasteiger partial charge in [0.15, 0.2) is 11.8 Å². The van der Waals surface area contributed by atoms with E-state index in [1.807, 2.05) is 0 Å². The van der Waals surface area contributed by atoms with Gasteiger partial charge in [-0.05, 0) is 39.8 Å². The molecular formula is C16H14ClF3N2O6PS+. The maximum Gasteiger partial charge on any atom is 0.476 e. The molecule has 2 aromatic carbocycles. The van der Waals surface area contributed by atoms with Gasteiger partial charge in [-0.3, -0.25) is 10.1 Å². The van der Waals surface area contributed by atoms with Gasteiger partial charge in [0.05, 0.1) is 21.8 Å². The van der Waals surface area contributed by atoms with E-state index in [0.29, 0.717) is 10.1 Å². The van der Waals surface area contributed by atoms with Crippen LogP contribution in [0.5, 0.6) is 11.5 Å². The highest BCUT2D eigenvalue weighted by Crippen LogP contribution is 2.44. The highest BCUT2D eigenvalue weighted by molar-refractivity contribution is 7.97. The number of hydrogen-bond donors (Lipinski definition) is 0. The third-order valence-corrected chi connectivity index (χ3v) is 7.34. The Bertz CT molecular complexity index is 1110. The number of sulfonamides is 1. The summed E-state index contributed by atoms with van der Waals surface area (Å²) in [7, 11) is -6.72. The van der Waals surface area contributed by atoms with Crippen molar-refractivity contribution in [2.24, 2.45) is 0 Å². The van der Waals surface area contributed by atoms with Crippen molar-refractivity contribution < 1.29 is 35.8 Å². The lowest BCUT2D eigenvalue weighted by molar-refractivity contribution is -0.384. The molecule has 0 aliphatic carbocycles. The summed E-state index contributed by atoms with van der Waals surface area (Å²) in [4.78, 5) is 10.5. The molecule has 2 aromatic rings. The van der Waals surface area contributed by atoms with Crippen molar-refractivity contribution in [3.05, 3.63) is 57.1 Å². The number of nitrogens with zero attached hydrogens (tertiary/aromatic N) is 2. The van der Waals surface area contributed by atoms with Crippen LogP contribution in [0.15, 0.2) is 36.4 Å². The molecule has 2 rings (SSSR count). The number of nitro benzene ring substituents is 1. The third kappa shape index (κ3) is 5.38. The largest absolute Gasteiger partial charge is 0.476 e. The predicted octanol–water partition coefficient (Wildman–Crippen LogP) is 5.59. The van der Waals surface area contributed by atoms with E-state index >= 15 is 0 Å². The number of rotatable bonds is 7. The molecule has 0 fully saturated rings. The van der Waals surface area contributed by atoms with Crippen molar-refractivity contribution in [1.29, 1.82) is 0 Å². The lowest BCUT2D eigenvalue weighted by Gasteiger charge is -2.14. The number of ether oxygens (including phenoxy) is 1. The van der Waals surface area contributed by atoms with Crippen LogP contribution >= 0.6 is 19.6 Å². The Kier molecular flexibility index (Phi) is 6.95. The van der Waals surface area contributed by atoms with E-state index in [1.165, 1.54) is 6.92 Å². The predicted molar refractivity (Wildman–Crippen MR) is 105 cm³/mol. The fraction of sp³-hybridized carbons (Fsp3) is 0.250. The van der Waals surface area contributed by atoms with Crippen molar-refractivity contribution >= 4 is 41.0 Å². The fourth-order valence-electron chi connectivity index (χ4n) is 2.35. The molecule has 0 heterocycles. The second-order valence-corrected chi connectivity index (χ2v) is 10.1. The lowest BCUT2D eigenvalue weighted by atomic mass is 10.2. The number of halogens is 4. The average molecular weight is 486 g/mol. The van der Waals surface area contributed by atoms with Crippen LogP contribution < -0.4 is 8.81 Å². The van der Waals surface area contributed by atoms with Gasteiger partial charge in [-0.25, -0.2) is 8.42 Å². The van der Waals surface area contributed by atoms with Crippen LogP contribution in [0.25, 0.3) is 0 Å². The molecule has 0 aliphatic rings. The molecule has 0 bridgehead atoms. The zero-order valence-electron chi connectivity index (χ0n) is 15.4. The minimum absolute atomic E-state index is 0.116. The molecule has 0 amide bonds. The molecular weight excluding hydrogens is 472 g/mol. The van der Waals surface area contributed by atoms with Crippen LogP contribution in [-0.2, 0) is 20.8 Å². The average Bonchev–Trinajstić information content (AvgIpc) is 2.61. The lowest BCUT2D eigenvalue weighted by Crippen LogP contribution is -2.23. The Morgan fingerprint density at radius 3 is 2.33 bits per heavy atom. The highest BCUT2D eigenvalue weighted by Gasteiger charge is 2.40. The van der Waals surface area contributed by atoms with E-state index in [2.05, 4.69) is 0 Å². The SMILES string of the molecule is CC[P+](=O)N(c1cc(Oc2ccc(C(F)(F)F)cc2Cl)ccc1[N+](=O)[O-])S(C)(=O)=O. The first kappa shape index (κ1) is 23.8. The van der Waals surface area contributed by atoms with Crippen molar-refractivity contribution in [2.45, 2.75) is 13.1 Å². The van der Waals surface area contributed by atoms with E-state index < -0.39 is 46.0 Å². The summed E-state index contributed by atoms with van der Waals surface area (Å²) in [6, 6.07) is 5.31. The summed E-state index contributed by atoms with van der Waals surface area (Å²) in [6.45, 7) is 1.44. The topological polar surface area (TPSA) is 107 Å². The van der Waals surface area contributed by atoms with Gasteiger partial charge in [0.25, 0.3) is 15.7 Å². The number of hydrogen-bond acceptors (Lipinski definition) is 6. The van der Waals surface area contributed by atoms with Gasteiger partial charge in [-0.1, -0.05) is 11.6 Å². The molecule has 1 unspecified atom stereocenters. The number of alkyl halides is 3. The van der Waals surface area contributed by atoms with E-state index in [0.717, 1.165) is 36.6 Å². The summed E-state index contributed by atoms with van der Waals surface area (Å²) in [6.07, 6.45) is -4.00. The summed E-state index contributed by atoms with van der Waals surface area (Å²) in [5.74, 6) is -0.360. The monoisotopic (exact) mass is 485 g/mol. The second-order valence-electron chi connectivity index (χ2n) is 5.83. The van der Waals surface area contributed by atoms with Crippen LogP contribution in [0.3, 0.4) is 0 Å². The summed E-state index contributed by atoms with van der Waals surface area (Å²) in [5, 5.41) is 11.0. The van der Waals surface area contributed by atoms with E-state index in [4.69, 9.17) is 16.3 Å². The molecule has 0 saturated heterocycles. The van der Waals surface area contributed by atoms with Gasteiger partial charge in [-0.2, -0.15) is 13.2 Å². The Morgan fingerprint density at radius 2 is 1.87 bits per heavy atom. The molecule has 0 radical (unpaired) electrons. The van der Waals surface area contributed by atoms with Crippen LogP contribution in [0.1, 0.15) is 12.5 Å². The second kappa shape index (κ2) is 8.75. The minimum Gasteiger partial charge on any atom is -0.456 e. The molecule has 0 saturated carbocycles. The van der Waals surface area contributed by atoms with Crippen molar-refractivity contribution in [3.8, 4) is 11.5 Å². The van der Waals surface area contributed by atoms with E-state index in [9.17, 15) is 36.3 Å². The van der Waals surface area contributed by atoms with Gasteiger partial charge in [0, 0.05) is 12.1 Å². The molecule has 8 nitrogen and oxygen atoms in total. The molecule has 162 valence electrons. The van der Waals surface area contributed by atoms with Gasteiger partial charge in [-0.15, -0.1) is 0 Å². The first-order valence-electron chi connectivity index (χ1n) is 8.03. The number of anilines is 1. The Labute approximate surface area is 175 Å². The highest BCUT2D eigenvalue weighted by atomic mass is 35.5. The Hall–Kier alpha value is -2.43. The van der Waals surface area contributed by atoms with Crippen molar-refractivity contribution in [3.63, 3.8) is 0 Å². The fourth-order valence-corrected chi connectivity index (χ4v) is 5.40. The molecule has 14 heteroatoms. The maximum atomic E-state index is 12.8. The smallest absolute Gasteiger partial charge is 0.456 e. The summed E-state index contributed by atoms with van der Waals surface area (Å²) < 4.78 is 80.6. The van der Waals surface area contributed by atoms with Gasteiger partial charge >= 0.3 is 14.1 Å². The van der Waals surface area contributed by atoms with Crippen molar-refractivity contribution in [1.82, 2.24) is 0 Å². The van der Waals surface area contributed by atoms with Gasteiger partial charge < -0.3 is 4.74 Å². The van der Waals surface area contributed by atoms with Crippen LogP contribution in [0.2, 0.25) is 5.02 Å². The normalized spacial score (nSPS) is 12.4. The molecule has 0 aliphatic heterocycles. The Balaban J connectivity index is 2.56. The third-order valence-electron chi connectivity index (χ3n) is 3.62. The molecule has 0 aromatic heterocycles. The maximum absolute atomic E-state index is 12.8. The van der Waals surface area contributed by atoms with Gasteiger partial charge in [0.2, 0.25) is 0 Å². The zero-order chi connectivity index (χ0) is 22.9. The quantitative estimate of drug-likeness (QED) is 0.287. The Morgan fingerprint density at radius 1 is 1.23 bits per heavy atom. The molecule has 0 spiro atoms. The van der Waals surface area contributed by atoms with Crippen LogP contribution in [-0.4, -0.2) is 25.8 Å². The molecule has 1 atom stereocenters. The number of benzene rings is 2. The molecule has 30 heavy (non-hydrogen) atoms. The first-order chi connectivity index (χ1) is 13.8. The van der Waals surface area contributed by atoms with Crippen LogP contribution in [0, 0.1) is 10.1 Å². The summed E-state index contributed by atoms with van der Waals surface area (Å²) >= 11 is 5.83. The van der Waals surface area contributed by atoms with Crippen molar-refractivity contribution in [2.75, 3.05) is 16.5 Å². The van der Waals surface area contributed by atoms with E-state index in [-0.39, 0.29) is 22.7 Å². The first-order valence-corrected chi connectivity index (χ1v) is 11.7. The molecule has 0 N–H and O–H groups in total. The van der Waals surface area contributed by atoms with Crippen LogP contribution in [0.4, 0.5) is 24.5 Å².